The van der Waals surface area contributed by atoms with E-state index >= 15 is 0 Å². The molecule has 3 aliphatic rings. The molecule has 0 unspecified atom stereocenters. The third-order valence-electron chi connectivity index (χ3n) is 6.20. The van der Waals surface area contributed by atoms with E-state index in [-0.39, 0.29) is 36.4 Å². The van der Waals surface area contributed by atoms with Gasteiger partial charge in [-0.05, 0) is 12.8 Å². The molecule has 2 amide bonds. The summed E-state index contributed by atoms with van der Waals surface area (Å²) in [6.45, 7) is 0.944. The van der Waals surface area contributed by atoms with Gasteiger partial charge in [0.05, 0.1) is 25.5 Å². The van der Waals surface area contributed by atoms with Crippen LogP contribution in [0.5, 0.6) is 0 Å². The van der Waals surface area contributed by atoms with Crippen LogP contribution in [-0.4, -0.2) is 58.5 Å². The van der Waals surface area contributed by atoms with E-state index in [4.69, 9.17) is 9.47 Å². The molecular formula is C21H27N5O3. The molecule has 8 nitrogen and oxygen atoms in total. The molecule has 0 bridgehead atoms. The first kappa shape index (κ1) is 18.6. The number of ether oxygens (including phenoxy) is 2. The number of rotatable bonds is 4. The van der Waals surface area contributed by atoms with Crippen molar-refractivity contribution in [2.75, 3.05) is 13.2 Å². The zero-order valence-corrected chi connectivity index (χ0v) is 16.4. The lowest BCUT2D eigenvalue weighted by atomic mass is 9.96. The maximum Gasteiger partial charge on any atom is 0.315 e. The van der Waals surface area contributed by atoms with Crippen LogP contribution < -0.4 is 10.6 Å². The van der Waals surface area contributed by atoms with Crippen molar-refractivity contribution >= 4 is 6.03 Å². The van der Waals surface area contributed by atoms with Crippen molar-refractivity contribution in [2.24, 2.45) is 0 Å². The molecule has 29 heavy (non-hydrogen) atoms. The summed E-state index contributed by atoms with van der Waals surface area (Å²) in [5, 5.41) is 14.8. The summed E-state index contributed by atoms with van der Waals surface area (Å²) in [6, 6.07) is 9.95. The number of amides is 2. The summed E-state index contributed by atoms with van der Waals surface area (Å²) in [4.78, 5) is 12.4. The average Bonchev–Trinajstić information content (AvgIpc) is 3.47. The van der Waals surface area contributed by atoms with Gasteiger partial charge in [0.25, 0.3) is 0 Å². The lowest BCUT2D eigenvalue weighted by molar-refractivity contribution is 0.0622. The normalized spacial score (nSPS) is 29.5. The highest BCUT2D eigenvalue weighted by Crippen LogP contribution is 2.34. The average molecular weight is 397 g/mol. The number of aromatic nitrogens is 3. The monoisotopic (exact) mass is 397 g/mol. The van der Waals surface area contributed by atoms with Gasteiger partial charge in [-0.3, -0.25) is 0 Å². The Balaban J connectivity index is 1.20. The summed E-state index contributed by atoms with van der Waals surface area (Å²) in [7, 11) is 0. The molecule has 2 aliphatic heterocycles. The van der Waals surface area contributed by atoms with Crippen molar-refractivity contribution in [2.45, 2.75) is 62.4 Å². The molecule has 1 aromatic heterocycles. The maximum atomic E-state index is 12.4. The lowest BCUT2D eigenvalue weighted by Gasteiger charge is -2.24. The molecule has 0 spiro atoms. The molecule has 154 valence electrons. The van der Waals surface area contributed by atoms with Crippen LogP contribution >= 0.6 is 0 Å². The van der Waals surface area contributed by atoms with Crippen molar-refractivity contribution in [3.05, 3.63) is 36.5 Å². The van der Waals surface area contributed by atoms with Crippen molar-refractivity contribution in [1.82, 2.24) is 25.6 Å². The second-order valence-corrected chi connectivity index (χ2v) is 8.17. The zero-order valence-electron chi connectivity index (χ0n) is 16.4. The Hall–Kier alpha value is -2.45. The van der Waals surface area contributed by atoms with Crippen LogP contribution in [0.25, 0.3) is 11.3 Å². The highest BCUT2D eigenvalue weighted by Gasteiger charge is 2.49. The Morgan fingerprint density at radius 2 is 1.79 bits per heavy atom. The van der Waals surface area contributed by atoms with Gasteiger partial charge in [0.2, 0.25) is 0 Å². The molecule has 1 aromatic carbocycles. The lowest BCUT2D eigenvalue weighted by Crippen LogP contribution is -2.50. The van der Waals surface area contributed by atoms with Gasteiger partial charge in [0, 0.05) is 11.6 Å². The number of urea groups is 1. The SMILES string of the molecule is O=C(NC1CCCCC1)N[C@H]1CO[C@H]2[C@H]1OC[C@H]2n1cc(-c2ccccc2)nn1. The fourth-order valence-corrected chi connectivity index (χ4v) is 4.65. The van der Waals surface area contributed by atoms with Gasteiger partial charge >= 0.3 is 6.03 Å². The molecule has 0 radical (unpaired) electrons. The van der Waals surface area contributed by atoms with Gasteiger partial charge in [0.15, 0.2) is 0 Å². The van der Waals surface area contributed by atoms with Gasteiger partial charge < -0.3 is 20.1 Å². The fourth-order valence-electron chi connectivity index (χ4n) is 4.65. The minimum absolute atomic E-state index is 0.0434. The van der Waals surface area contributed by atoms with Crippen LogP contribution in [0.4, 0.5) is 4.79 Å². The summed E-state index contributed by atoms with van der Waals surface area (Å²) in [6.07, 6.45) is 7.41. The number of hydrogen-bond acceptors (Lipinski definition) is 5. The number of carbonyl (C=O) groups is 1. The molecule has 5 rings (SSSR count). The minimum Gasteiger partial charge on any atom is -0.371 e. The Morgan fingerprint density at radius 3 is 2.62 bits per heavy atom. The van der Waals surface area contributed by atoms with E-state index < -0.39 is 0 Å². The largest absolute Gasteiger partial charge is 0.371 e. The third-order valence-corrected chi connectivity index (χ3v) is 6.20. The molecule has 8 heteroatoms. The van der Waals surface area contributed by atoms with E-state index in [2.05, 4.69) is 20.9 Å². The first-order chi connectivity index (χ1) is 14.3. The smallest absolute Gasteiger partial charge is 0.315 e. The number of nitrogens with zero attached hydrogens (tertiary/aromatic N) is 3. The summed E-state index contributed by atoms with van der Waals surface area (Å²) in [5.41, 5.74) is 1.86. The number of nitrogens with one attached hydrogen (secondary N) is 2. The van der Waals surface area contributed by atoms with Crippen LogP contribution in [0.2, 0.25) is 0 Å². The van der Waals surface area contributed by atoms with Gasteiger partial charge in [0.1, 0.15) is 23.9 Å². The van der Waals surface area contributed by atoms with Crippen molar-refractivity contribution in [1.29, 1.82) is 0 Å². The van der Waals surface area contributed by atoms with Crippen LogP contribution in [0.15, 0.2) is 36.5 Å². The fraction of sp³-hybridized carbons (Fsp3) is 0.571. The molecule has 4 atom stereocenters. The van der Waals surface area contributed by atoms with Crippen molar-refractivity contribution in [3.8, 4) is 11.3 Å². The molecule has 2 N–H and O–H groups in total. The molecule has 1 saturated carbocycles. The van der Waals surface area contributed by atoms with Gasteiger partial charge in [-0.1, -0.05) is 54.8 Å². The van der Waals surface area contributed by atoms with E-state index in [9.17, 15) is 4.79 Å². The Labute approximate surface area is 169 Å². The van der Waals surface area contributed by atoms with Crippen LogP contribution in [0.3, 0.4) is 0 Å². The maximum absolute atomic E-state index is 12.4. The van der Waals surface area contributed by atoms with Crippen molar-refractivity contribution in [3.63, 3.8) is 0 Å². The molecular weight excluding hydrogens is 370 g/mol. The second kappa shape index (κ2) is 8.12. The van der Waals surface area contributed by atoms with Gasteiger partial charge in [-0.15, -0.1) is 5.10 Å². The molecule has 1 aliphatic carbocycles. The number of benzene rings is 1. The van der Waals surface area contributed by atoms with Crippen molar-refractivity contribution < 1.29 is 14.3 Å². The standard InChI is InChI=1S/C21H27N5O3/c27-21(22-15-9-5-2-6-10-15)23-17-12-28-20-18(13-29-19(17)20)26-11-16(24-25-26)14-7-3-1-4-8-14/h1,3-4,7-8,11,15,17-20H,2,5-6,9-10,12-13H2,(H2,22,23,27)/t17-,18+,19-,20+/m0/s1. The molecule has 2 aromatic rings. The summed E-state index contributed by atoms with van der Waals surface area (Å²) in [5.74, 6) is 0. The van der Waals surface area contributed by atoms with E-state index in [1.807, 2.05) is 41.2 Å². The third kappa shape index (κ3) is 3.86. The number of fused-ring (bicyclic) bond motifs is 1. The predicted molar refractivity (Wildman–Crippen MR) is 106 cm³/mol. The molecule has 3 heterocycles. The second-order valence-electron chi connectivity index (χ2n) is 8.17. The quantitative estimate of drug-likeness (QED) is 0.826. The predicted octanol–water partition coefficient (Wildman–Crippen LogP) is 2.28. The number of hydrogen-bond donors (Lipinski definition) is 2. The van der Waals surface area contributed by atoms with E-state index in [1.165, 1.54) is 19.3 Å². The highest BCUT2D eigenvalue weighted by atomic mass is 16.6. The Bertz CT molecular complexity index is 836. The summed E-state index contributed by atoms with van der Waals surface area (Å²) >= 11 is 0. The first-order valence-electron chi connectivity index (χ1n) is 10.6. The van der Waals surface area contributed by atoms with Gasteiger partial charge in [-0.25, -0.2) is 9.48 Å². The van der Waals surface area contributed by atoms with Crippen LogP contribution in [-0.2, 0) is 9.47 Å². The molecule has 2 saturated heterocycles. The van der Waals surface area contributed by atoms with E-state index in [0.717, 1.165) is 24.1 Å². The van der Waals surface area contributed by atoms with Crippen LogP contribution in [0, 0.1) is 0 Å². The van der Waals surface area contributed by atoms with Gasteiger partial charge in [-0.2, -0.15) is 0 Å². The van der Waals surface area contributed by atoms with Crippen LogP contribution in [0.1, 0.15) is 38.1 Å². The number of carbonyl (C=O) groups excluding carboxylic acids is 1. The van der Waals surface area contributed by atoms with E-state index in [0.29, 0.717) is 13.2 Å². The Kier molecular flexibility index (Phi) is 5.20. The highest BCUT2D eigenvalue weighted by molar-refractivity contribution is 5.74. The Morgan fingerprint density at radius 1 is 1.00 bits per heavy atom. The zero-order chi connectivity index (χ0) is 19.6. The first-order valence-corrected chi connectivity index (χ1v) is 10.6. The molecule has 3 fully saturated rings. The van der Waals surface area contributed by atoms with E-state index in [1.54, 1.807) is 0 Å². The topological polar surface area (TPSA) is 90.3 Å². The summed E-state index contributed by atoms with van der Waals surface area (Å²) < 4.78 is 13.8. The minimum atomic E-state index is -0.165.